The molecule has 1 N–H and O–H groups in total. The third-order valence-electron chi connectivity index (χ3n) is 6.76. The van der Waals surface area contributed by atoms with Crippen molar-refractivity contribution >= 4 is 21.6 Å². The molecule has 1 aliphatic rings. The summed E-state index contributed by atoms with van der Waals surface area (Å²) in [4.78, 5) is 12.9. The number of hydrogen-bond donors (Lipinski definition) is 1. The number of nitrogens with one attached hydrogen (secondary N) is 1. The number of aryl methyl sites for hydroxylation is 2. The molecule has 2 aromatic rings. The third kappa shape index (κ3) is 5.88. The molecule has 6 nitrogen and oxygen atoms in total. The molecule has 33 heavy (non-hydrogen) atoms. The summed E-state index contributed by atoms with van der Waals surface area (Å²) < 4.78 is 32.5. The van der Waals surface area contributed by atoms with E-state index in [1.807, 2.05) is 56.3 Å². The number of anilines is 1. The molecule has 0 aliphatic carbocycles. The van der Waals surface area contributed by atoms with E-state index in [0.717, 1.165) is 41.7 Å². The number of amides is 1. The van der Waals surface area contributed by atoms with Crippen molar-refractivity contribution in [2.75, 3.05) is 17.1 Å². The van der Waals surface area contributed by atoms with Crippen molar-refractivity contribution in [2.45, 2.75) is 71.4 Å². The molecule has 0 unspecified atom stereocenters. The molecule has 1 aliphatic heterocycles. The highest BCUT2D eigenvalue weighted by atomic mass is 32.2. The number of para-hydroxylation sites is 1. The number of carbonyl (C=O) groups is 1. The van der Waals surface area contributed by atoms with E-state index in [4.69, 9.17) is 4.74 Å². The van der Waals surface area contributed by atoms with Crippen LogP contribution in [0.15, 0.2) is 42.5 Å². The molecule has 0 saturated heterocycles. The minimum absolute atomic E-state index is 0.0775. The number of nitrogens with zero attached hydrogens (tertiary/aromatic N) is 1. The second-order valence-corrected chi connectivity index (χ2v) is 11.0. The molecule has 7 heteroatoms. The van der Waals surface area contributed by atoms with Gasteiger partial charge in [0.05, 0.1) is 18.0 Å². The fourth-order valence-electron chi connectivity index (χ4n) is 4.45. The first kappa shape index (κ1) is 25.1. The van der Waals surface area contributed by atoms with Gasteiger partial charge in [0, 0.05) is 24.9 Å². The van der Waals surface area contributed by atoms with Gasteiger partial charge in [-0.1, -0.05) is 38.1 Å². The molecule has 0 saturated carbocycles. The zero-order valence-electron chi connectivity index (χ0n) is 20.3. The van der Waals surface area contributed by atoms with E-state index in [2.05, 4.69) is 19.2 Å². The summed E-state index contributed by atoms with van der Waals surface area (Å²) in [6, 6.07) is 13.4. The lowest BCUT2D eigenvalue weighted by Crippen LogP contribution is -2.44. The van der Waals surface area contributed by atoms with Crippen LogP contribution in [-0.2, 0) is 14.8 Å². The molecule has 0 fully saturated rings. The highest BCUT2D eigenvalue weighted by molar-refractivity contribution is 7.92. The van der Waals surface area contributed by atoms with E-state index in [0.29, 0.717) is 12.1 Å². The highest BCUT2D eigenvalue weighted by Crippen LogP contribution is 2.42. The number of carbonyl (C=O) groups excluding carboxylic acids is 1. The Balaban J connectivity index is 1.67. The molecule has 1 atom stereocenters. The Morgan fingerprint density at radius 2 is 1.82 bits per heavy atom. The average Bonchev–Trinajstić information content (AvgIpc) is 2.77. The number of hydrogen-bond acceptors (Lipinski definition) is 4. The van der Waals surface area contributed by atoms with Crippen LogP contribution in [-0.4, -0.2) is 32.7 Å². The third-order valence-corrected chi connectivity index (χ3v) is 7.96. The van der Waals surface area contributed by atoms with Crippen molar-refractivity contribution in [3.63, 3.8) is 0 Å². The first-order valence-electron chi connectivity index (χ1n) is 11.7. The van der Waals surface area contributed by atoms with Crippen LogP contribution in [0.4, 0.5) is 5.69 Å². The van der Waals surface area contributed by atoms with E-state index >= 15 is 0 Å². The van der Waals surface area contributed by atoms with Gasteiger partial charge in [-0.25, -0.2) is 8.42 Å². The minimum Gasteiger partial charge on any atom is -0.487 e. The average molecular weight is 473 g/mol. The zero-order chi connectivity index (χ0) is 24.2. The maximum Gasteiger partial charge on any atom is 0.232 e. The lowest BCUT2D eigenvalue weighted by atomic mass is 9.83. The van der Waals surface area contributed by atoms with E-state index in [-0.39, 0.29) is 30.5 Å². The van der Waals surface area contributed by atoms with Gasteiger partial charge in [0.15, 0.2) is 0 Å². The van der Waals surface area contributed by atoms with Gasteiger partial charge in [-0.05, 0) is 62.4 Å². The van der Waals surface area contributed by atoms with Crippen LogP contribution < -0.4 is 14.4 Å². The summed E-state index contributed by atoms with van der Waals surface area (Å²) in [5, 5.41) is 3.18. The maximum atomic E-state index is 12.9. The number of sulfonamides is 1. The van der Waals surface area contributed by atoms with E-state index in [1.54, 1.807) is 0 Å². The predicted octanol–water partition coefficient (Wildman–Crippen LogP) is 5.05. The van der Waals surface area contributed by atoms with Crippen molar-refractivity contribution in [1.29, 1.82) is 0 Å². The second kappa shape index (κ2) is 10.2. The molecular weight excluding hydrogens is 436 g/mol. The summed E-state index contributed by atoms with van der Waals surface area (Å²) in [6.07, 6.45) is 4.34. The van der Waals surface area contributed by atoms with E-state index in [1.165, 1.54) is 10.6 Å². The largest absolute Gasteiger partial charge is 0.487 e. The molecule has 1 heterocycles. The van der Waals surface area contributed by atoms with Gasteiger partial charge in [0.2, 0.25) is 15.9 Å². The number of rotatable bonds is 9. The van der Waals surface area contributed by atoms with Crippen LogP contribution in [0.5, 0.6) is 5.75 Å². The zero-order valence-corrected chi connectivity index (χ0v) is 21.2. The Morgan fingerprint density at radius 1 is 1.12 bits per heavy atom. The summed E-state index contributed by atoms with van der Waals surface area (Å²) in [5.41, 5.74) is 3.49. The summed E-state index contributed by atoms with van der Waals surface area (Å²) in [6.45, 7) is 8.44. The molecule has 180 valence electrons. The van der Waals surface area contributed by atoms with Gasteiger partial charge < -0.3 is 10.1 Å². The van der Waals surface area contributed by atoms with Crippen molar-refractivity contribution in [1.82, 2.24) is 5.32 Å². The monoisotopic (exact) mass is 472 g/mol. The predicted molar refractivity (Wildman–Crippen MR) is 133 cm³/mol. The molecule has 3 rings (SSSR count). The Hall–Kier alpha value is -2.54. The smallest absolute Gasteiger partial charge is 0.232 e. The maximum absolute atomic E-state index is 12.9. The normalized spacial score (nSPS) is 17.1. The number of ether oxygens (including phenoxy) is 1. The number of benzene rings is 2. The lowest BCUT2D eigenvalue weighted by Gasteiger charge is -2.41. The van der Waals surface area contributed by atoms with Gasteiger partial charge in [-0.2, -0.15) is 0 Å². The Labute approximate surface area is 198 Å². The lowest BCUT2D eigenvalue weighted by molar-refractivity contribution is -0.122. The topological polar surface area (TPSA) is 75.7 Å². The summed E-state index contributed by atoms with van der Waals surface area (Å²) in [5.74, 6) is 0.752. The molecule has 0 spiro atoms. The Bertz CT molecular complexity index is 1090. The molecule has 0 bridgehead atoms. The van der Waals surface area contributed by atoms with Gasteiger partial charge in [0.25, 0.3) is 0 Å². The molecule has 2 aromatic carbocycles. The summed E-state index contributed by atoms with van der Waals surface area (Å²) >= 11 is 0. The molecule has 0 aromatic heterocycles. The molecule has 1 amide bonds. The molecule has 0 radical (unpaired) electrons. The van der Waals surface area contributed by atoms with E-state index in [9.17, 15) is 13.2 Å². The Morgan fingerprint density at radius 3 is 2.45 bits per heavy atom. The minimum atomic E-state index is -3.45. The van der Waals surface area contributed by atoms with Crippen LogP contribution in [0.2, 0.25) is 0 Å². The Kier molecular flexibility index (Phi) is 7.73. The SMILES string of the molecule is CCC1(CC)C[C@@H](NC(=O)CCCN(c2ccc(C)c(C)c2)S(C)(=O)=O)c2ccccc2O1. The van der Waals surface area contributed by atoms with Gasteiger partial charge in [0.1, 0.15) is 11.4 Å². The van der Waals surface area contributed by atoms with Crippen molar-refractivity contribution in [3.05, 3.63) is 59.2 Å². The standard InChI is InChI=1S/C26H36N2O4S/c1-6-26(7-2)18-23(22-11-8-9-12-24(22)32-26)27-25(29)13-10-16-28(33(5,30)31)21-15-14-19(3)20(4)17-21/h8-9,11-12,14-15,17,23H,6-7,10,13,16,18H2,1-5H3,(H,27,29)/t23-/m1/s1. The first-order chi connectivity index (χ1) is 15.6. The van der Waals surface area contributed by atoms with Crippen molar-refractivity contribution < 1.29 is 17.9 Å². The summed E-state index contributed by atoms with van der Waals surface area (Å²) in [7, 11) is -3.45. The van der Waals surface area contributed by atoms with Crippen LogP contribution >= 0.6 is 0 Å². The first-order valence-corrected chi connectivity index (χ1v) is 13.6. The van der Waals surface area contributed by atoms with Gasteiger partial charge >= 0.3 is 0 Å². The quantitative estimate of drug-likeness (QED) is 0.554. The second-order valence-electron chi connectivity index (χ2n) is 9.06. The van der Waals surface area contributed by atoms with Crippen molar-refractivity contribution in [2.24, 2.45) is 0 Å². The van der Waals surface area contributed by atoms with Crippen LogP contribution in [0.1, 0.15) is 68.7 Å². The van der Waals surface area contributed by atoms with Crippen LogP contribution in [0.25, 0.3) is 0 Å². The van der Waals surface area contributed by atoms with Crippen molar-refractivity contribution in [3.8, 4) is 5.75 Å². The molecular formula is C26H36N2O4S. The fraction of sp³-hybridized carbons (Fsp3) is 0.500. The van der Waals surface area contributed by atoms with Crippen LogP contribution in [0, 0.1) is 13.8 Å². The van der Waals surface area contributed by atoms with Gasteiger partial charge in [-0.3, -0.25) is 9.10 Å². The van der Waals surface area contributed by atoms with Gasteiger partial charge in [-0.15, -0.1) is 0 Å². The van der Waals surface area contributed by atoms with Crippen LogP contribution in [0.3, 0.4) is 0 Å². The fourth-order valence-corrected chi connectivity index (χ4v) is 5.40. The van der Waals surface area contributed by atoms with E-state index < -0.39 is 10.0 Å². The highest BCUT2D eigenvalue weighted by Gasteiger charge is 2.38. The number of fused-ring (bicyclic) bond motifs is 1.